The molecule has 0 N–H and O–H groups in total. The van der Waals surface area contributed by atoms with Crippen LogP contribution in [0.1, 0.15) is 38.3 Å². The summed E-state index contributed by atoms with van der Waals surface area (Å²) in [7, 11) is 1.61. The Morgan fingerprint density at radius 1 is 1.03 bits per heavy atom. The van der Waals surface area contributed by atoms with E-state index in [0.717, 1.165) is 23.3 Å². The van der Waals surface area contributed by atoms with E-state index in [2.05, 4.69) is 4.98 Å². The molecule has 3 rings (SSSR count). The fourth-order valence-electron chi connectivity index (χ4n) is 3.90. The van der Waals surface area contributed by atoms with Crippen LogP contribution >= 0.6 is 0 Å². The highest BCUT2D eigenvalue weighted by molar-refractivity contribution is 6.35. The van der Waals surface area contributed by atoms with Gasteiger partial charge in [-0.05, 0) is 69.0 Å². The second-order valence-electron chi connectivity index (χ2n) is 8.21. The maximum Gasteiger partial charge on any atom is 0.277 e. The minimum atomic E-state index is -0.258. The number of aromatic nitrogens is 1. The largest absolute Gasteiger partial charge is 0.491 e. The van der Waals surface area contributed by atoms with Gasteiger partial charge in [-0.15, -0.1) is 0 Å². The lowest BCUT2D eigenvalue weighted by Gasteiger charge is -2.25. The Hall–Kier alpha value is -3.19. The summed E-state index contributed by atoms with van der Waals surface area (Å²) in [5.74, 6) is 0.228. The normalized spacial score (nSPS) is 13.9. The Morgan fingerprint density at radius 2 is 1.73 bits per heavy atom. The van der Waals surface area contributed by atoms with Crippen molar-refractivity contribution in [2.45, 2.75) is 39.7 Å². The predicted molar refractivity (Wildman–Crippen MR) is 128 cm³/mol. The number of nitrogens with zero attached hydrogens (tertiary/aromatic N) is 3. The number of carbonyl (C=O) groups excluding carboxylic acids is 2. The van der Waals surface area contributed by atoms with Gasteiger partial charge in [0, 0.05) is 45.7 Å². The van der Waals surface area contributed by atoms with Gasteiger partial charge in [0.25, 0.3) is 11.8 Å². The fourth-order valence-corrected chi connectivity index (χ4v) is 3.90. The van der Waals surface area contributed by atoms with Gasteiger partial charge in [-0.1, -0.05) is 12.1 Å². The van der Waals surface area contributed by atoms with Crippen molar-refractivity contribution < 1.29 is 19.1 Å². The van der Waals surface area contributed by atoms with E-state index < -0.39 is 0 Å². The van der Waals surface area contributed by atoms with Gasteiger partial charge in [0.2, 0.25) is 0 Å². The molecule has 1 aromatic carbocycles. The molecular formula is C26H33N3O4. The monoisotopic (exact) mass is 451 g/mol. The van der Waals surface area contributed by atoms with Crippen molar-refractivity contribution in [1.29, 1.82) is 0 Å². The van der Waals surface area contributed by atoms with Gasteiger partial charge in [0.1, 0.15) is 11.4 Å². The van der Waals surface area contributed by atoms with Gasteiger partial charge in [-0.25, -0.2) is 0 Å². The van der Waals surface area contributed by atoms with Crippen molar-refractivity contribution in [3.63, 3.8) is 0 Å². The number of hydrogen-bond acceptors (Lipinski definition) is 6. The van der Waals surface area contributed by atoms with Crippen LogP contribution in [0.3, 0.4) is 0 Å². The molecule has 7 heteroatoms. The van der Waals surface area contributed by atoms with Crippen LogP contribution in [-0.2, 0) is 20.7 Å². The molecule has 176 valence electrons. The zero-order valence-corrected chi connectivity index (χ0v) is 19.9. The second-order valence-corrected chi connectivity index (χ2v) is 8.21. The van der Waals surface area contributed by atoms with Crippen molar-refractivity contribution >= 4 is 17.4 Å². The summed E-state index contributed by atoms with van der Waals surface area (Å²) in [6, 6.07) is 11.3. The third-order valence-corrected chi connectivity index (χ3v) is 5.51. The Labute approximate surface area is 196 Å². The number of pyridine rings is 1. The summed E-state index contributed by atoms with van der Waals surface area (Å²) in [5.41, 5.74) is 2.77. The summed E-state index contributed by atoms with van der Waals surface area (Å²) < 4.78 is 10.9. The first-order chi connectivity index (χ1) is 16.0. The predicted octanol–water partition coefficient (Wildman–Crippen LogP) is 3.55. The number of ether oxygens (including phenoxy) is 2. The Kier molecular flexibility index (Phi) is 8.60. The van der Waals surface area contributed by atoms with Gasteiger partial charge < -0.3 is 14.4 Å². The van der Waals surface area contributed by atoms with E-state index in [1.165, 1.54) is 4.90 Å². The SMILES string of the molecule is CCN(CCc1ccncc1)C1=C(c2ccc(OC(C)C)cc2)C(=O)N(CCCOC)C1=O. The molecule has 0 bridgehead atoms. The highest BCUT2D eigenvalue weighted by atomic mass is 16.5. The molecule has 1 aliphatic heterocycles. The molecule has 7 nitrogen and oxygen atoms in total. The molecule has 0 saturated heterocycles. The molecule has 1 aliphatic rings. The van der Waals surface area contributed by atoms with Crippen molar-refractivity contribution in [2.75, 3.05) is 33.4 Å². The van der Waals surface area contributed by atoms with Crippen LogP contribution in [0.5, 0.6) is 5.75 Å². The summed E-state index contributed by atoms with van der Waals surface area (Å²) >= 11 is 0. The van der Waals surface area contributed by atoms with Gasteiger partial charge in [0.05, 0.1) is 11.7 Å². The quantitative estimate of drug-likeness (QED) is 0.363. The lowest BCUT2D eigenvalue weighted by atomic mass is 10.0. The van der Waals surface area contributed by atoms with Crippen molar-refractivity contribution in [1.82, 2.24) is 14.8 Å². The van der Waals surface area contributed by atoms with Gasteiger partial charge in [-0.2, -0.15) is 0 Å². The number of methoxy groups -OCH3 is 1. The summed E-state index contributed by atoms with van der Waals surface area (Å²) in [5, 5.41) is 0. The maximum absolute atomic E-state index is 13.4. The van der Waals surface area contributed by atoms with Gasteiger partial charge in [-0.3, -0.25) is 19.5 Å². The number of likely N-dealkylation sites (N-methyl/N-ethyl adjacent to an activating group) is 1. The third-order valence-electron chi connectivity index (χ3n) is 5.51. The standard InChI is InChI=1S/C26H33N3O4/c1-5-28(17-13-20-11-14-27-15-12-20)24-23(21-7-9-22(10-8-21)33-19(2)3)25(30)29(26(24)31)16-6-18-32-4/h7-12,14-15,19H,5-6,13,16-18H2,1-4H3. The summed E-state index contributed by atoms with van der Waals surface area (Å²) in [6.07, 6.45) is 4.93. The van der Waals surface area contributed by atoms with Crippen LogP contribution in [-0.4, -0.2) is 66.1 Å². The lowest BCUT2D eigenvalue weighted by Crippen LogP contribution is -2.36. The molecular weight excluding hydrogens is 418 g/mol. The molecule has 33 heavy (non-hydrogen) atoms. The average molecular weight is 452 g/mol. The Bertz CT molecular complexity index is 971. The molecule has 2 aromatic rings. The highest BCUT2D eigenvalue weighted by Crippen LogP contribution is 2.33. The van der Waals surface area contributed by atoms with Crippen LogP contribution in [0.25, 0.3) is 5.57 Å². The van der Waals surface area contributed by atoms with Crippen molar-refractivity contribution in [3.05, 3.63) is 65.6 Å². The van der Waals surface area contributed by atoms with E-state index >= 15 is 0 Å². The van der Waals surface area contributed by atoms with E-state index in [-0.39, 0.29) is 17.9 Å². The summed E-state index contributed by atoms with van der Waals surface area (Å²) in [6.45, 7) is 7.99. The third kappa shape index (κ3) is 5.99. The molecule has 2 amide bonds. The molecule has 0 atom stereocenters. The molecule has 0 fully saturated rings. The average Bonchev–Trinajstić information content (AvgIpc) is 3.05. The smallest absolute Gasteiger partial charge is 0.277 e. The number of hydrogen-bond donors (Lipinski definition) is 0. The van der Waals surface area contributed by atoms with E-state index in [1.54, 1.807) is 19.5 Å². The number of carbonyl (C=O) groups is 2. The topological polar surface area (TPSA) is 72.0 Å². The number of amides is 2. The van der Waals surface area contributed by atoms with E-state index in [4.69, 9.17) is 9.47 Å². The second kappa shape index (κ2) is 11.6. The molecule has 0 radical (unpaired) electrons. The van der Waals surface area contributed by atoms with Crippen LogP contribution < -0.4 is 4.74 Å². The van der Waals surface area contributed by atoms with E-state index in [1.807, 2.05) is 62.1 Å². The molecule has 1 aromatic heterocycles. The lowest BCUT2D eigenvalue weighted by molar-refractivity contribution is -0.137. The minimum absolute atomic E-state index is 0.0559. The maximum atomic E-state index is 13.4. The number of benzene rings is 1. The Morgan fingerprint density at radius 3 is 2.33 bits per heavy atom. The number of imide groups is 1. The molecule has 2 heterocycles. The molecule has 0 spiro atoms. The first-order valence-electron chi connectivity index (χ1n) is 11.5. The Balaban J connectivity index is 1.93. The van der Waals surface area contributed by atoms with E-state index in [9.17, 15) is 9.59 Å². The van der Waals surface area contributed by atoms with Gasteiger partial charge >= 0.3 is 0 Å². The fraction of sp³-hybridized carbons (Fsp3) is 0.423. The minimum Gasteiger partial charge on any atom is -0.491 e. The molecule has 0 unspecified atom stereocenters. The molecule has 0 saturated carbocycles. The van der Waals surface area contributed by atoms with Crippen LogP contribution in [0.15, 0.2) is 54.5 Å². The van der Waals surface area contributed by atoms with Crippen LogP contribution in [0.2, 0.25) is 0 Å². The van der Waals surface area contributed by atoms with E-state index in [0.29, 0.717) is 43.9 Å². The highest BCUT2D eigenvalue weighted by Gasteiger charge is 2.40. The number of rotatable bonds is 12. The van der Waals surface area contributed by atoms with Crippen LogP contribution in [0, 0.1) is 0 Å². The van der Waals surface area contributed by atoms with Gasteiger partial charge in [0.15, 0.2) is 0 Å². The van der Waals surface area contributed by atoms with Crippen LogP contribution in [0.4, 0.5) is 0 Å². The first kappa shape index (κ1) is 24.5. The zero-order chi connectivity index (χ0) is 23.8. The molecule has 0 aliphatic carbocycles. The van der Waals surface area contributed by atoms with Crippen molar-refractivity contribution in [2.24, 2.45) is 0 Å². The first-order valence-corrected chi connectivity index (χ1v) is 11.5. The summed E-state index contributed by atoms with van der Waals surface area (Å²) in [4.78, 5) is 34.3. The zero-order valence-electron chi connectivity index (χ0n) is 19.9. The van der Waals surface area contributed by atoms with Crippen molar-refractivity contribution in [3.8, 4) is 5.75 Å².